The monoisotopic (exact) mass is 449 g/mol. The third kappa shape index (κ3) is 4.38. The second-order valence-corrected chi connectivity index (χ2v) is 6.38. The topological polar surface area (TPSA) is 91.6 Å². The molecule has 0 unspecified atom stereocenters. The van der Waals surface area contributed by atoms with Gasteiger partial charge in [-0.2, -0.15) is 26.3 Å². The first-order valence-corrected chi connectivity index (χ1v) is 8.46. The van der Waals surface area contributed by atoms with Crippen LogP contribution in [0, 0.1) is 0 Å². The van der Waals surface area contributed by atoms with E-state index < -0.39 is 53.4 Å². The van der Waals surface area contributed by atoms with E-state index in [2.05, 4.69) is 10.1 Å². The predicted octanol–water partition coefficient (Wildman–Crippen LogP) is 2.67. The van der Waals surface area contributed by atoms with Gasteiger partial charge in [-0.25, -0.2) is 14.5 Å². The van der Waals surface area contributed by atoms with E-state index in [1.807, 2.05) is 0 Å². The number of urea groups is 1. The molecule has 2 aromatic rings. The summed E-state index contributed by atoms with van der Waals surface area (Å²) in [6, 6.07) is 0.206. The Balaban J connectivity index is 2.00. The summed E-state index contributed by atoms with van der Waals surface area (Å²) in [7, 11) is 1.27. The highest BCUT2D eigenvalue weighted by Gasteiger charge is 2.39. The number of hydrogen-bond acceptors (Lipinski definition) is 5. The average molecular weight is 449 g/mol. The number of amides is 3. The number of aliphatic hydroxyl groups is 1. The summed E-state index contributed by atoms with van der Waals surface area (Å²) < 4.78 is 79.1. The molecule has 1 aromatic heterocycles. The minimum Gasteiger partial charge on any atom is -0.395 e. The second kappa shape index (κ2) is 7.68. The van der Waals surface area contributed by atoms with Gasteiger partial charge in [0, 0.05) is 12.6 Å². The fourth-order valence-electron chi connectivity index (χ4n) is 2.77. The lowest BCUT2D eigenvalue weighted by Gasteiger charge is -2.13. The van der Waals surface area contributed by atoms with Gasteiger partial charge in [0.15, 0.2) is 5.82 Å². The van der Waals surface area contributed by atoms with E-state index in [-0.39, 0.29) is 18.3 Å². The summed E-state index contributed by atoms with van der Waals surface area (Å²) in [5.41, 5.74) is -3.77. The van der Waals surface area contributed by atoms with Crippen molar-refractivity contribution in [3.63, 3.8) is 0 Å². The molecular formula is C17H13F6N5O3. The Bertz CT molecular complexity index is 1030. The van der Waals surface area contributed by atoms with Crippen molar-refractivity contribution < 1.29 is 41.0 Å². The Morgan fingerprint density at radius 3 is 2.13 bits per heavy atom. The maximum atomic E-state index is 13.0. The molecule has 1 N–H and O–H groups in total. The standard InChI is InChI=1S/C17H13F6N5O3/c1-26-12(14(30)28(2-3-29)15(26)31)7-27-8-24-13(25-27)9-4-10(16(18,19)20)6-11(5-9)17(21,22)23/h4-8,29H,2-3H2,1H3. The molecule has 1 saturated heterocycles. The number of carbonyl (C=O) groups is 2. The number of likely N-dealkylation sites (N-methyl/N-ethyl adjacent to an activating group) is 1. The molecule has 0 spiro atoms. The van der Waals surface area contributed by atoms with E-state index in [1.54, 1.807) is 0 Å². The van der Waals surface area contributed by atoms with Crippen LogP contribution in [0.4, 0.5) is 31.1 Å². The van der Waals surface area contributed by atoms with Crippen molar-refractivity contribution in [3.05, 3.63) is 41.4 Å². The minimum absolute atomic E-state index is 0.0179. The maximum Gasteiger partial charge on any atom is 0.416 e. The van der Waals surface area contributed by atoms with Crippen LogP contribution in [0.3, 0.4) is 0 Å². The van der Waals surface area contributed by atoms with E-state index >= 15 is 0 Å². The van der Waals surface area contributed by atoms with Crippen molar-refractivity contribution in [2.75, 3.05) is 20.2 Å². The third-order valence-corrected chi connectivity index (χ3v) is 4.28. The van der Waals surface area contributed by atoms with Gasteiger partial charge in [0.05, 0.1) is 30.5 Å². The molecule has 0 radical (unpaired) electrons. The highest BCUT2D eigenvalue weighted by Crippen LogP contribution is 2.38. The number of β-amino-alcohol motifs (C(OH)–C–C–N with tert-alkyl or cyclic N) is 1. The first kappa shape index (κ1) is 22.3. The summed E-state index contributed by atoms with van der Waals surface area (Å²) in [4.78, 5) is 29.7. The van der Waals surface area contributed by atoms with Crippen LogP contribution < -0.4 is 0 Å². The lowest BCUT2D eigenvalue weighted by Crippen LogP contribution is -2.33. The van der Waals surface area contributed by atoms with Crippen molar-refractivity contribution in [1.29, 1.82) is 0 Å². The molecule has 1 fully saturated rings. The largest absolute Gasteiger partial charge is 0.416 e. The van der Waals surface area contributed by atoms with Crippen LogP contribution >= 0.6 is 0 Å². The van der Waals surface area contributed by atoms with Crippen LogP contribution in [0.25, 0.3) is 17.6 Å². The number of nitrogens with zero attached hydrogens (tertiary/aromatic N) is 5. The van der Waals surface area contributed by atoms with Crippen LogP contribution in [0.15, 0.2) is 30.2 Å². The molecule has 1 aromatic carbocycles. The van der Waals surface area contributed by atoms with Gasteiger partial charge in [-0.05, 0) is 18.2 Å². The summed E-state index contributed by atoms with van der Waals surface area (Å²) in [5.74, 6) is -1.22. The lowest BCUT2D eigenvalue weighted by atomic mass is 10.0. The Hall–Kier alpha value is -3.42. The zero-order chi connectivity index (χ0) is 23.1. The number of hydrogen-bond donors (Lipinski definition) is 1. The summed E-state index contributed by atoms with van der Waals surface area (Å²) in [5, 5.41) is 12.7. The molecule has 3 rings (SSSR count). The molecule has 2 heterocycles. The van der Waals surface area contributed by atoms with E-state index in [4.69, 9.17) is 5.11 Å². The molecule has 0 saturated carbocycles. The molecular weight excluding hydrogens is 436 g/mol. The zero-order valence-electron chi connectivity index (χ0n) is 15.6. The smallest absolute Gasteiger partial charge is 0.395 e. The van der Waals surface area contributed by atoms with Crippen LogP contribution in [-0.2, 0) is 17.1 Å². The van der Waals surface area contributed by atoms with Crippen molar-refractivity contribution in [3.8, 4) is 11.4 Å². The van der Waals surface area contributed by atoms with Crippen LogP contribution in [0.1, 0.15) is 11.1 Å². The second-order valence-electron chi connectivity index (χ2n) is 6.38. The fraction of sp³-hybridized carbons (Fsp3) is 0.294. The van der Waals surface area contributed by atoms with Crippen molar-refractivity contribution in [2.45, 2.75) is 12.4 Å². The van der Waals surface area contributed by atoms with Crippen LogP contribution in [-0.4, -0.2) is 61.8 Å². The average Bonchev–Trinajstić information content (AvgIpc) is 3.22. The normalized spacial score (nSPS) is 16.7. The number of rotatable bonds is 4. The highest BCUT2D eigenvalue weighted by atomic mass is 19.4. The quantitative estimate of drug-likeness (QED) is 0.440. The predicted molar refractivity (Wildman–Crippen MR) is 91.7 cm³/mol. The number of benzene rings is 1. The third-order valence-electron chi connectivity index (χ3n) is 4.28. The van der Waals surface area contributed by atoms with Gasteiger partial charge in [-0.3, -0.25) is 14.6 Å². The number of aliphatic hydroxyl groups excluding tert-OH is 1. The van der Waals surface area contributed by atoms with Crippen LogP contribution in [0.5, 0.6) is 0 Å². The first-order valence-electron chi connectivity index (χ1n) is 8.46. The van der Waals surface area contributed by atoms with E-state index in [0.29, 0.717) is 12.1 Å². The molecule has 166 valence electrons. The Morgan fingerprint density at radius 2 is 1.61 bits per heavy atom. The number of carbonyl (C=O) groups excluding carboxylic acids is 2. The van der Waals surface area contributed by atoms with Crippen LogP contribution in [0.2, 0.25) is 0 Å². The number of imide groups is 1. The summed E-state index contributed by atoms with van der Waals surface area (Å²) >= 11 is 0. The van der Waals surface area contributed by atoms with Crippen molar-refractivity contribution in [1.82, 2.24) is 24.6 Å². The van der Waals surface area contributed by atoms with Gasteiger partial charge >= 0.3 is 18.4 Å². The summed E-state index contributed by atoms with van der Waals surface area (Å²) in [6.07, 6.45) is -8.07. The van der Waals surface area contributed by atoms with Gasteiger partial charge < -0.3 is 5.11 Å². The van der Waals surface area contributed by atoms with E-state index in [0.717, 1.165) is 27.0 Å². The molecule has 31 heavy (non-hydrogen) atoms. The SMILES string of the molecule is CN1C(=O)N(CCO)C(=O)C1=Cn1cnc(-c2cc(C(F)(F)F)cc(C(F)(F)F)c2)n1. The molecule has 0 bridgehead atoms. The van der Waals surface area contributed by atoms with Gasteiger partial charge in [0.1, 0.15) is 12.0 Å². The highest BCUT2D eigenvalue weighted by molar-refractivity contribution is 6.13. The molecule has 1 aliphatic heterocycles. The fourth-order valence-corrected chi connectivity index (χ4v) is 2.77. The Labute approximate surface area is 170 Å². The lowest BCUT2D eigenvalue weighted by molar-refractivity contribution is -0.143. The molecule has 3 amide bonds. The minimum atomic E-state index is -5.03. The Kier molecular flexibility index (Phi) is 5.52. The van der Waals surface area contributed by atoms with Gasteiger partial charge in [-0.1, -0.05) is 0 Å². The van der Waals surface area contributed by atoms with E-state index in [9.17, 15) is 35.9 Å². The van der Waals surface area contributed by atoms with E-state index in [1.165, 1.54) is 7.05 Å². The van der Waals surface area contributed by atoms with Crippen molar-refractivity contribution >= 4 is 18.1 Å². The molecule has 0 aliphatic carbocycles. The van der Waals surface area contributed by atoms with Crippen molar-refractivity contribution in [2.24, 2.45) is 0 Å². The summed E-state index contributed by atoms with van der Waals surface area (Å²) in [6.45, 7) is -0.727. The van der Waals surface area contributed by atoms with Gasteiger partial charge in [0.2, 0.25) is 0 Å². The molecule has 8 nitrogen and oxygen atoms in total. The Morgan fingerprint density at radius 1 is 1.03 bits per heavy atom. The van der Waals surface area contributed by atoms with Gasteiger partial charge in [0.25, 0.3) is 5.91 Å². The molecule has 1 aliphatic rings. The number of aromatic nitrogens is 3. The number of halogens is 6. The first-order chi connectivity index (χ1) is 14.3. The molecule has 14 heteroatoms. The zero-order valence-corrected chi connectivity index (χ0v) is 15.6. The number of alkyl halides is 6. The molecule has 0 atom stereocenters. The maximum absolute atomic E-state index is 13.0. The van der Waals surface area contributed by atoms with Gasteiger partial charge in [-0.15, -0.1) is 5.10 Å².